The normalized spacial score (nSPS) is 28.2. The maximum Gasteiger partial charge on any atom is 0.0960 e. The van der Waals surface area contributed by atoms with E-state index < -0.39 is 5.60 Å². The third-order valence-corrected chi connectivity index (χ3v) is 6.47. The van der Waals surface area contributed by atoms with Crippen LogP contribution in [0.25, 0.3) is 0 Å². The first-order chi connectivity index (χ1) is 13.6. The highest BCUT2D eigenvalue weighted by Gasteiger charge is 2.51. The van der Waals surface area contributed by atoms with Crippen LogP contribution in [0.15, 0.2) is 91.0 Å². The molecule has 0 bridgehead atoms. The summed E-state index contributed by atoms with van der Waals surface area (Å²) < 4.78 is 0. The molecule has 1 N–H and O–H groups in total. The van der Waals surface area contributed by atoms with Crippen LogP contribution in [0.2, 0.25) is 0 Å². The van der Waals surface area contributed by atoms with Gasteiger partial charge >= 0.3 is 0 Å². The first-order valence-electron chi connectivity index (χ1n) is 10.2. The van der Waals surface area contributed by atoms with E-state index in [1.165, 1.54) is 11.1 Å². The van der Waals surface area contributed by atoms with Crippen LogP contribution in [0.4, 0.5) is 0 Å². The van der Waals surface area contributed by atoms with E-state index in [0.29, 0.717) is 6.42 Å². The Balaban J connectivity index is 1.86. The van der Waals surface area contributed by atoms with E-state index >= 15 is 0 Å². The molecule has 4 atom stereocenters. The van der Waals surface area contributed by atoms with E-state index in [9.17, 15) is 5.11 Å². The minimum atomic E-state index is -0.871. The Morgan fingerprint density at radius 1 is 0.821 bits per heavy atom. The Bertz CT molecular complexity index is 880. The summed E-state index contributed by atoms with van der Waals surface area (Å²) in [6, 6.07) is 31.8. The molecule has 0 spiro atoms. The number of hydrogen-bond donors (Lipinski definition) is 1. The van der Waals surface area contributed by atoms with Gasteiger partial charge in [-0.25, -0.2) is 0 Å². The summed E-state index contributed by atoms with van der Waals surface area (Å²) in [6.45, 7) is 2.20. The van der Waals surface area contributed by atoms with Gasteiger partial charge in [0.25, 0.3) is 0 Å². The molecular formula is C26H29NO. The fourth-order valence-corrected chi connectivity index (χ4v) is 5.09. The minimum absolute atomic E-state index is 0.113. The second kappa shape index (κ2) is 7.90. The lowest BCUT2D eigenvalue weighted by molar-refractivity contribution is -0.128. The Morgan fingerprint density at radius 2 is 1.32 bits per heavy atom. The summed E-state index contributed by atoms with van der Waals surface area (Å²) in [5.41, 5.74) is 2.68. The Hall–Kier alpha value is -2.42. The maximum atomic E-state index is 12.2. The van der Waals surface area contributed by atoms with Crippen LogP contribution in [-0.4, -0.2) is 17.1 Å². The summed E-state index contributed by atoms with van der Waals surface area (Å²) in [5, 5.41) is 12.2. The third-order valence-electron chi connectivity index (χ3n) is 6.47. The molecule has 0 aromatic heterocycles. The van der Waals surface area contributed by atoms with Gasteiger partial charge < -0.3 is 5.11 Å². The van der Waals surface area contributed by atoms with Crippen molar-refractivity contribution in [3.63, 3.8) is 0 Å². The standard InChI is InChI=1S/C26H29NO/c1-3-23-25(21-15-9-5-10-16-21)27(2)24(20-13-7-4-8-14-20)19-26(23,28)22-17-11-6-12-18-22/h4-18,23-25,28H,3,19H2,1-2H3/t23-,24-,25+,26+/m1/s1. The predicted octanol–water partition coefficient (Wildman–Crippen LogP) is 5.72. The number of likely N-dealkylation sites (tertiary alicyclic amines) is 1. The van der Waals surface area contributed by atoms with Crippen LogP contribution in [-0.2, 0) is 5.60 Å². The Labute approximate surface area is 168 Å². The van der Waals surface area contributed by atoms with Crippen molar-refractivity contribution in [1.29, 1.82) is 0 Å². The number of aliphatic hydroxyl groups is 1. The Morgan fingerprint density at radius 3 is 1.86 bits per heavy atom. The van der Waals surface area contributed by atoms with Crippen molar-refractivity contribution in [2.24, 2.45) is 5.92 Å². The fraction of sp³-hybridized carbons (Fsp3) is 0.308. The number of rotatable bonds is 4. The molecule has 0 aliphatic carbocycles. The molecule has 0 saturated carbocycles. The summed E-state index contributed by atoms with van der Waals surface area (Å²) in [6.07, 6.45) is 1.61. The van der Waals surface area contributed by atoms with Crippen molar-refractivity contribution in [3.05, 3.63) is 108 Å². The fourth-order valence-electron chi connectivity index (χ4n) is 5.09. The van der Waals surface area contributed by atoms with Gasteiger partial charge in [0.05, 0.1) is 5.60 Å². The van der Waals surface area contributed by atoms with Crippen molar-refractivity contribution in [2.45, 2.75) is 37.5 Å². The van der Waals surface area contributed by atoms with E-state index in [1.54, 1.807) is 0 Å². The van der Waals surface area contributed by atoms with Crippen LogP contribution in [0.5, 0.6) is 0 Å². The predicted molar refractivity (Wildman–Crippen MR) is 115 cm³/mol. The molecule has 2 heteroatoms. The van der Waals surface area contributed by atoms with Gasteiger partial charge in [-0.15, -0.1) is 0 Å². The zero-order chi connectivity index (χ0) is 19.6. The van der Waals surface area contributed by atoms with Gasteiger partial charge in [-0.1, -0.05) is 97.9 Å². The molecule has 144 valence electrons. The SMILES string of the molecule is CC[C@@H]1[C@H](c2ccccc2)N(C)[C@@H](c2ccccc2)C[C@]1(O)c1ccccc1. The number of hydrogen-bond acceptors (Lipinski definition) is 2. The largest absolute Gasteiger partial charge is 0.385 e. The molecule has 0 amide bonds. The summed E-state index contributed by atoms with van der Waals surface area (Å²) >= 11 is 0. The molecule has 28 heavy (non-hydrogen) atoms. The first-order valence-corrected chi connectivity index (χ1v) is 10.2. The van der Waals surface area contributed by atoms with Crippen molar-refractivity contribution in [3.8, 4) is 0 Å². The minimum Gasteiger partial charge on any atom is -0.385 e. The zero-order valence-electron chi connectivity index (χ0n) is 16.7. The van der Waals surface area contributed by atoms with Gasteiger partial charge in [0, 0.05) is 24.4 Å². The van der Waals surface area contributed by atoms with Crippen molar-refractivity contribution < 1.29 is 5.11 Å². The second-order valence-electron chi connectivity index (χ2n) is 7.96. The highest BCUT2D eigenvalue weighted by atomic mass is 16.3. The highest BCUT2D eigenvalue weighted by Crippen LogP contribution is 2.54. The van der Waals surface area contributed by atoms with Gasteiger partial charge in [0.2, 0.25) is 0 Å². The van der Waals surface area contributed by atoms with E-state index in [4.69, 9.17) is 0 Å². The Kier molecular flexibility index (Phi) is 5.34. The molecule has 2 nitrogen and oxygen atoms in total. The lowest BCUT2D eigenvalue weighted by Gasteiger charge is -2.53. The van der Waals surface area contributed by atoms with Crippen LogP contribution < -0.4 is 0 Å². The summed E-state index contributed by atoms with van der Waals surface area (Å²) in [7, 11) is 2.21. The second-order valence-corrected chi connectivity index (χ2v) is 7.96. The third kappa shape index (κ3) is 3.28. The molecule has 1 saturated heterocycles. The van der Waals surface area contributed by atoms with Gasteiger partial charge in [0.15, 0.2) is 0 Å². The van der Waals surface area contributed by atoms with E-state index in [0.717, 1.165) is 12.0 Å². The number of piperidine rings is 1. The lowest BCUT2D eigenvalue weighted by Crippen LogP contribution is -2.51. The van der Waals surface area contributed by atoms with Gasteiger partial charge in [0.1, 0.15) is 0 Å². The molecule has 1 aliphatic heterocycles. The quantitative estimate of drug-likeness (QED) is 0.634. The molecule has 0 radical (unpaired) electrons. The van der Waals surface area contributed by atoms with E-state index in [-0.39, 0.29) is 18.0 Å². The molecule has 3 aromatic carbocycles. The van der Waals surface area contributed by atoms with Crippen LogP contribution in [0, 0.1) is 5.92 Å². The van der Waals surface area contributed by atoms with Crippen molar-refractivity contribution in [1.82, 2.24) is 4.90 Å². The smallest absolute Gasteiger partial charge is 0.0960 e. The van der Waals surface area contributed by atoms with Crippen molar-refractivity contribution in [2.75, 3.05) is 7.05 Å². The maximum absolute atomic E-state index is 12.2. The van der Waals surface area contributed by atoms with E-state index in [1.807, 2.05) is 18.2 Å². The molecule has 3 aromatic rings. The average molecular weight is 372 g/mol. The molecule has 0 unspecified atom stereocenters. The first kappa shape index (κ1) is 18.9. The summed E-state index contributed by atoms with van der Waals surface area (Å²) in [5.74, 6) is 0.113. The lowest BCUT2D eigenvalue weighted by atomic mass is 9.66. The van der Waals surface area contributed by atoms with E-state index in [2.05, 4.69) is 91.7 Å². The summed E-state index contributed by atoms with van der Waals surface area (Å²) in [4.78, 5) is 2.47. The van der Waals surface area contributed by atoms with Gasteiger partial charge in [-0.05, 0) is 30.2 Å². The van der Waals surface area contributed by atoms with Gasteiger partial charge in [-0.2, -0.15) is 0 Å². The zero-order valence-corrected chi connectivity index (χ0v) is 16.7. The molecule has 1 aliphatic rings. The van der Waals surface area contributed by atoms with Crippen LogP contribution in [0.3, 0.4) is 0 Å². The van der Waals surface area contributed by atoms with Crippen molar-refractivity contribution >= 4 is 0 Å². The van der Waals surface area contributed by atoms with Gasteiger partial charge in [-0.3, -0.25) is 4.90 Å². The topological polar surface area (TPSA) is 23.5 Å². The molecular weight excluding hydrogens is 342 g/mol. The molecule has 4 rings (SSSR count). The monoisotopic (exact) mass is 371 g/mol. The number of benzene rings is 3. The van der Waals surface area contributed by atoms with Crippen LogP contribution >= 0.6 is 0 Å². The highest BCUT2D eigenvalue weighted by molar-refractivity contribution is 5.32. The number of nitrogens with zero attached hydrogens (tertiary/aromatic N) is 1. The van der Waals surface area contributed by atoms with Crippen LogP contribution in [0.1, 0.15) is 48.5 Å². The molecule has 1 heterocycles. The average Bonchev–Trinajstić information content (AvgIpc) is 2.76. The molecule has 1 fully saturated rings.